The molecule has 0 unspecified atom stereocenters. The van der Waals surface area contributed by atoms with Gasteiger partial charge >= 0.3 is 5.97 Å². The molecule has 0 fully saturated rings. The average molecular weight is 540 g/mol. The summed E-state index contributed by atoms with van der Waals surface area (Å²) in [4.78, 5) is 23.9. The van der Waals surface area contributed by atoms with Crippen LogP contribution in [-0.2, 0) is 9.53 Å². The molecule has 0 atom stereocenters. The lowest BCUT2D eigenvalue weighted by atomic mass is 10.1. The minimum Gasteiger partial charge on any atom is -0.465 e. The van der Waals surface area contributed by atoms with Crippen LogP contribution in [0.3, 0.4) is 0 Å². The molecule has 0 saturated carbocycles. The number of esters is 1. The Balaban J connectivity index is 1.45. The summed E-state index contributed by atoms with van der Waals surface area (Å²) in [6, 6.07) is 21.1. The van der Waals surface area contributed by atoms with Crippen LogP contribution in [0.5, 0.6) is 0 Å². The molecule has 1 aromatic heterocycles. The highest BCUT2D eigenvalue weighted by molar-refractivity contribution is 7.99. The van der Waals surface area contributed by atoms with Crippen LogP contribution in [0.25, 0.3) is 17.1 Å². The summed E-state index contributed by atoms with van der Waals surface area (Å²) in [6.07, 6.45) is 1.48. The van der Waals surface area contributed by atoms with Gasteiger partial charge in [-0.15, -0.1) is 10.2 Å². The van der Waals surface area contributed by atoms with E-state index in [1.54, 1.807) is 48.5 Å². The highest BCUT2D eigenvalue weighted by Gasteiger charge is 2.17. The van der Waals surface area contributed by atoms with E-state index in [-0.39, 0.29) is 11.7 Å². The smallest absolute Gasteiger partial charge is 0.337 e. The highest BCUT2D eigenvalue weighted by atomic mass is 35.5. The Labute approximate surface area is 221 Å². The second-order valence-corrected chi connectivity index (χ2v) is 9.14. The number of benzene rings is 3. The molecule has 1 heterocycles. The maximum absolute atomic E-state index is 12.4. The van der Waals surface area contributed by atoms with Crippen LogP contribution in [-0.4, -0.2) is 45.7 Å². The molecule has 1 amide bonds. The summed E-state index contributed by atoms with van der Waals surface area (Å²) in [6.45, 7) is 0. The lowest BCUT2D eigenvalue weighted by Crippen LogP contribution is -2.20. The summed E-state index contributed by atoms with van der Waals surface area (Å²) >= 11 is 13.3. The van der Waals surface area contributed by atoms with Crippen LogP contribution in [0.1, 0.15) is 15.9 Å². The van der Waals surface area contributed by atoms with Crippen molar-refractivity contribution in [3.63, 3.8) is 0 Å². The van der Waals surface area contributed by atoms with Crippen molar-refractivity contribution in [1.82, 2.24) is 20.2 Å². The third kappa shape index (κ3) is 6.31. The lowest BCUT2D eigenvalue weighted by molar-refractivity contribution is -0.118. The van der Waals surface area contributed by atoms with Crippen molar-refractivity contribution >= 4 is 53.1 Å². The molecule has 0 aliphatic carbocycles. The van der Waals surface area contributed by atoms with Crippen LogP contribution < -0.4 is 5.43 Å². The Morgan fingerprint density at radius 3 is 2.25 bits per heavy atom. The minimum absolute atomic E-state index is 0.0605. The number of thioether (sulfide) groups is 1. The zero-order valence-corrected chi connectivity index (χ0v) is 21.2. The summed E-state index contributed by atoms with van der Waals surface area (Å²) in [5.74, 6) is -0.0775. The van der Waals surface area contributed by atoms with E-state index in [0.29, 0.717) is 32.2 Å². The first kappa shape index (κ1) is 25.4. The van der Waals surface area contributed by atoms with Crippen molar-refractivity contribution in [2.45, 2.75) is 5.16 Å². The number of hydrogen-bond donors (Lipinski definition) is 1. The van der Waals surface area contributed by atoms with Gasteiger partial charge in [0.1, 0.15) is 0 Å². The van der Waals surface area contributed by atoms with E-state index < -0.39 is 5.97 Å². The third-order valence-electron chi connectivity index (χ3n) is 4.89. The number of halogens is 2. The average Bonchev–Trinajstić information content (AvgIpc) is 3.32. The SMILES string of the molecule is COC(=O)c1ccc(/C=N\NC(=O)CSc2nnc(-c3ccc(Cl)cc3)n2-c2ccc(Cl)cc2)cc1. The standard InChI is InChI=1S/C25H19Cl2N5O3S/c1-35-24(34)18-4-2-16(3-5-18)14-28-29-22(33)15-36-25-31-30-23(17-6-8-19(26)9-7-17)32(25)21-12-10-20(27)11-13-21/h2-14H,15H2,1H3,(H,29,33)/b28-14-. The third-order valence-corrected chi connectivity index (χ3v) is 6.32. The van der Waals surface area contributed by atoms with E-state index in [1.807, 2.05) is 28.8 Å². The molecule has 0 spiro atoms. The summed E-state index contributed by atoms with van der Waals surface area (Å²) in [5, 5.41) is 14.4. The zero-order chi connectivity index (χ0) is 25.5. The first-order valence-corrected chi connectivity index (χ1v) is 12.3. The Bertz CT molecular complexity index is 1390. The molecule has 8 nitrogen and oxygen atoms in total. The molecule has 3 aromatic carbocycles. The maximum atomic E-state index is 12.4. The molecule has 0 radical (unpaired) electrons. The van der Waals surface area contributed by atoms with E-state index in [1.165, 1.54) is 25.1 Å². The minimum atomic E-state index is -0.422. The predicted octanol–water partition coefficient (Wildman–Crippen LogP) is 5.27. The van der Waals surface area contributed by atoms with Crippen LogP contribution in [0, 0.1) is 0 Å². The number of carbonyl (C=O) groups is 2. The van der Waals surface area contributed by atoms with Gasteiger partial charge in [0.05, 0.1) is 24.6 Å². The van der Waals surface area contributed by atoms with Gasteiger partial charge < -0.3 is 4.74 Å². The first-order valence-electron chi connectivity index (χ1n) is 10.5. The number of hydrazone groups is 1. The Hall–Kier alpha value is -3.66. The molecule has 182 valence electrons. The molecule has 4 rings (SSSR count). The molecule has 0 aliphatic heterocycles. The van der Waals surface area contributed by atoms with Crippen molar-refractivity contribution < 1.29 is 14.3 Å². The van der Waals surface area contributed by atoms with Crippen LogP contribution >= 0.6 is 35.0 Å². The van der Waals surface area contributed by atoms with Gasteiger partial charge in [-0.3, -0.25) is 9.36 Å². The van der Waals surface area contributed by atoms with Gasteiger partial charge in [-0.1, -0.05) is 47.1 Å². The predicted molar refractivity (Wildman–Crippen MR) is 141 cm³/mol. The summed E-state index contributed by atoms with van der Waals surface area (Å²) in [7, 11) is 1.32. The number of ether oxygens (including phenoxy) is 1. The molecule has 36 heavy (non-hydrogen) atoms. The summed E-state index contributed by atoms with van der Waals surface area (Å²) in [5.41, 5.74) is 5.25. The fraction of sp³-hybridized carbons (Fsp3) is 0.0800. The van der Waals surface area contributed by atoms with Crippen LogP contribution in [0.4, 0.5) is 0 Å². The summed E-state index contributed by atoms with van der Waals surface area (Å²) < 4.78 is 6.52. The van der Waals surface area contributed by atoms with Crippen LogP contribution in [0.2, 0.25) is 10.0 Å². The fourth-order valence-electron chi connectivity index (χ4n) is 3.14. The number of amides is 1. The van der Waals surface area contributed by atoms with Gasteiger partial charge in [0.2, 0.25) is 0 Å². The number of methoxy groups -OCH3 is 1. The second kappa shape index (κ2) is 11.9. The van der Waals surface area contributed by atoms with Crippen molar-refractivity contribution in [1.29, 1.82) is 0 Å². The van der Waals surface area contributed by atoms with Gasteiger partial charge in [0, 0.05) is 21.3 Å². The molecule has 11 heteroatoms. The molecule has 0 bridgehead atoms. The van der Waals surface area contributed by atoms with Gasteiger partial charge in [0.25, 0.3) is 5.91 Å². The second-order valence-electron chi connectivity index (χ2n) is 7.32. The quantitative estimate of drug-likeness (QED) is 0.142. The van der Waals surface area contributed by atoms with Crippen molar-refractivity contribution in [2.24, 2.45) is 5.10 Å². The Morgan fingerprint density at radius 2 is 1.61 bits per heavy atom. The largest absolute Gasteiger partial charge is 0.465 e. The number of nitrogens with zero attached hydrogens (tertiary/aromatic N) is 4. The van der Waals surface area contributed by atoms with E-state index in [2.05, 4.69) is 25.5 Å². The number of aromatic nitrogens is 3. The molecule has 4 aromatic rings. The number of hydrogen-bond acceptors (Lipinski definition) is 7. The topological polar surface area (TPSA) is 98.5 Å². The monoisotopic (exact) mass is 539 g/mol. The molecule has 1 N–H and O–H groups in total. The van der Waals surface area contributed by atoms with E-state index in [0.717, 1.165) is 11.3 Å². The normalized spacial score (nSPS) is 11.0. The van der Waals surface area contributed by atoms with Crippen LogP contribution in [0.15, 0.2) is 83.1 Å². The van der Waals surface area contributed by atoms with Crippen molar-refractivity contribution in [3.05, 3.63) is 94.0 Å². The number of rotatable bonds is 8. The Kier molecular flexibility index (Phi) is 8.37. The maximum Gasteiger partial charge on any atom is 0.337 e. The van der Waals surface area contributed by atoms with E-state index in [4.69, 9.17) is 23.2 Å². The van der Waals surface area contributed by atoms with Crippen molar-refractivity contribution in [3.8, 4) is 17.1 Å². The number of nitrogens with one attached hydrogen (secondary N) is 1. The molecular weight excluding hydrogens is 521 g/mol. The van der Waals surface area contributed by atoms with Gasteiger partial charge in [0.15, 0.2) is 11.0 Å². The molecular formula is C25H19Cl2N5O3S. The van der Waals surface area contributed by atoms with Gasteiger partial charge in [-0.25, -0.2) is 10.2 Å². The van der Waals surface area contributed by atoms with Gasteiger partial charge in [-0.05, 0) is 66.2 Å². The van der Waals surface area contributed by atoms with E-state index >= 15 is 0 Å². The highest BCUT2D eigenvalue weighted by Crippen LogP contribution is 2.29. The zero-order valence-electron chi connectivity index (χ0n) is 18.9. The number of carbonyl (C=O) groups excluding carboxylic acids is 2. The lowest BCUT2D eigenvalue weighted by Gasteiger charge is -2.10. The van der Waals surface area contributed by atoms with E-state index in [9.17, 15) is 9.59 Å². The van der Waals surface area contributed by atoms with Gasteiger partial charge in [-0.2, -0.15) is 5.10 Å². The van der Waals surface area contributed by atoms with Crippen molar-refractivity contribution in [2.75, 3.05) is 12.9 Å². The Morgan fingerprint density at radius 1 is 0.972 bits per heavy atom. The fourth-order valence-corrected chi connectivity index (χ4v) is 4.13. The first-order chi connectivity index (χ1) is 17.4. The molecule has 0 aliphatic rings. The molecule has 0 saturated heterocycles.